The zero-order valence-electron chi connectivity index (χ0n) is 10.1. The molecule has 6 nitrogen and oxygen atoms in total. The van der Waals surface area contributed by atoms with Gasteiger partial charge in [-0.15, -0.1) is 0 Å². The molecule has 1 unspecified atom stereocenters. The molecule has 0 spiro atoms. The van der Waals surface area contributed by atoms with Crippen molar-refractivity contribution in [1.29, 1.82) is 0 Å². The molecule has 1 amide bonds. The molecule has 0 bridgehead atoms. The second kappa shape index (κ2) is 5.45. The molecule has 0 aliphatic carbocycles. The maximum Gasteiger partial charge on any atom is 0.324 e. The van der Waals surface area contributed by atoms with E-state index in [2.05, 4.69) is 5.32 Å². The molecule has 2 heterocycles. The number of rotatable bonds is 3. The number of nitrogens with zero attached hydrogens (tertiary/aromatic N) is 2. The number of likely N-dealkylation sites (N-methyl/N-ethyl adjacent to an activating group) is 1. The van der Waals surface area contributed by atoms with Crippen LogP contribution in [0.5, 0.6) is 0 Å². The van der Waals surface area contributed by atoms with E-state index in [1.54, 1.807) is 10.3 Å². The summed E-state index contributed by atoms with van der Waals surface area (Å²) in [5.41, 5.74) is 0.420. The molecule has 1 aliphatic heterocycles. The van der Waals surface area contributed by atoms with Gasteiger partial charge in [-0.25, -0.2) is 0 Å². The first-order valence-corrected chi connectivity index (χ1v) is 6.69. The van der Waals surface area contributed by atoms with E-state index in [4.69, 9.17) is 0 Å². The molecule has 1 aromatic rings. The molecule has 7 heteroatoms. The molecule has 18 heavy (non-hydrogen) atoms. The van der Waals surface area contributed by atoms with E-state index in [0.717, 1.165) is 30.7 Å². The molecule has 1 saturated heterocycles. The van der Waals surface area contributed by atoms with Crippen LogP contribution < -0.4 is 5.32 Å². The Morgan fingerprint density at radius 1 is 1.67 bits per heavy atom. The van der Waals surface area contributed by atoms with Gasteiger partial charge in [0.25, 0.3) is 5.91 Å². The van der Waals surface area contributed by atoms with Crippen LogP contribution in [0, 0.1) is 10.1 Å². The van der Waals surface area contributed by atoms with Crippen molar-refractivity contribution in [2.45, 2.75) is 18.9 Å². The van der Waals surface area contributed by atoms with Crippen LogP contribution in [0.4, 0.5) is 5.00 Å². The summed E-state index contributed by atoms with van der Waals surface area (Å²) in [4.78, 5) is 24.1. The summed E-state index contributed by atoms with van der Waals surface area (Å²) in [5.74, 6) is -0.112. The van der Waals surface area contributed by atoms with E-state index < -0.39 is 4.92 Å². The average molecular weight is 269 g/mol. The van der Waals surface area contributed by atoms with Crippen molar-refractivity contribution in [2.75, 3.05) is 20.1 Å². The van der Waals surface area contributed by atoms with Gasteiger partial charge in [0.05, 0.1) is 10.5 Å². The minimum atomic E-state index is -0.464. The van der Waals surface area contributed by atoms with Crippen molar-refractivity contribution in [3.05, 3.63) is 27.1 Å². The monoisotopic (exact) mass is 269 g/mol. The molecule has 1 fully saturated rings. The third kappa shape index (κ3) is 2.68. The molecule has 1 aliphatic rings. The van der Waals surface area contributed by atoms with Gasteiger partial charge in [0.15, 0.2) is 0 Å². The number of thiophene rings is 1. The Morgan fingerprint density at radius 2 is 2.44 bits per heavy atom. The highest BCUT2D eigenvalue weighted by atomic mass is 32.1. The lowest BCUT2D eigenvalue weighted by molar-refractivity contribution is -0.380. The summed E-state index contributed by atoms with van der Waals surface area (Å²) in [5, 5.41) is 15.3. The quantitative estimate of drug-likeness (QED) is 0.666. The van der Waals surface area contributed by atoms with Crippen LogP contribution in [-0.4, -0.2) is 41.9 Å². The Kier molecular flexibility index (Phi) is 3.93. The molecule has 1 N–H and O–H groups in total. The summed E-state index contributed by atoms with van der Waals surface area (Å²) in [6.07, 6.45) is 2.02. The van der Waals surface area contributed by atoms with Crippen LogP contribution >= 0.6 is 11.3 Å². The molecule has 1 aromatic heterocycles. The zero-order valence-corrected chi connectivity index (χ0v) is 10.9. The molecule has 0 aromatic carbocycles. The minimum Gasteiger partial charge on any atom is -0.337 e. The predicted octanol–water partition coefficient (Wildman–Crippen LogP) is 1.48. The largest absolute Gasteiger partial charge is 0.337 e. The molecule has 2 rings (SSSR count). The van der Waals surface area contributed by atoms with Crippen molar-refractivity contribution in [2.24, 2.45) is 0 Å². The van der Waals surface area contributed by atoms with E-state index in [1.165, 1.54) is 6.07 Å². The third-order valence-corrected chi connectivity index (χ3v) is 4.01. The van der Waals surface area contributed by atoms with E-state index in [-0.39, 0.29) is 10.9 Å². The summed E-state index contributed by atoms with van der Waals surface area (Å²) in [6.45, 7) is 1.39. The van der Waals surface area contributed by atoms with Gasteiger partial charge in [0.2, 0.25) is 0 Å². The van der Waals surface area contributed by atoms with Crippen molar-refractivity contribution in [1.82, 2.24) is 10.2 Å². The Bertz CT molecular complexity index is 460. The van der Waals surface area contributed by atoms with Gasteiger partial charge in [-0.05, 0) is 19.9 Å². The van der Waals surface area contributed by atoms with Gasteiger partial charge in [0.1, 0.15) is 0 Å². The first kappa shape index (κ1) is 13.0. The number of amides is 1. The Balaban J connectivity index is 2.07. The number of hydrogen-bond acceptors (Lipinski definition) is 5. The van der Waals surface area contributed by atoms with Crippen LogP contribution in [0.2, 0.25) is 0 Å². The molecule has 98 valence electrons. The lowest BCUT2D eigenvalue weighted by atomic mass is 10.1. The molecular formula is C11H15N3O3S. The van der Waals surface area contributed by atoms with E-state index in [0.29, 0.717) is 18.2 Å². The van der Waals surface area contributed by atoms with Crippen molar-refractivity contribution >= 4 is 22.2 Å². The standard InChI is InChI=1S/C11H15N3O3S/c1-12-9-3-2-4-13(6-9)11(15)8-5-10(14(16)17)18-7-8/h5,7,9,12H,2-4,6H2,1H3. The lowest BCUT2D eigenvalue weighted by Gasteiger charge is -2.32. The smallest absolute Gasteiger partial charge is 0.324 e. The molecule has 0 saturated carbocycles. The van der Waals surface area contributed by atoms with Gasteiger partial charge in [-0.3, -0.25) is 14.9 Å². The maximum absolute atomic E-state index is 12.2. The first-order chi connectivity index (χ1) is 8.61. The van der Waals surface area contributed by atoms with Crippen molar-refractivity contribution < 1.29 is 9.72 Å². The predicted molar refractivity (Wildman–Crippen MR) is 69.0 cm³/mol. The SMILES string of the molecule is CNC1CCCN(C(=O)c2csc([N+](=O)[O-])c2)C1. The number of piperidine rings is 1. The van der Waals surface area contributed by atoms with Crippen molar-refractivity contribution in [3.63, 3.8) is 0 Å². The Morgan fingerprint density at radius 3 is 3.06 bits per heavy atom. The topological polar surface area (TPSA) is 75.5 Å². The normalized spacial score (nSPS) is 19.8. The summed E-state index contributed by atoms with van der Waals surface area (Å²) >= 11 is 0.994. The number of carbonyl (C=O) groups is 1. The third-order valence-electron chi connectivity index (χ3n) is 3.13. The van der Waals surface area contributed by atoms with E-state index >= 15 is 0 Å². The van der Waals surface area contributed by atoms with Gasteiger partial charge in [0, 0.05) is 30.6 Å². The number of nitrogens with one attached hydrogen (secondary N) is 1. The van der Waals surface area contributed by atoms with Gasteiger partial charge < -0.3 is 10.2 Å². The average Bonchev–Trinajstić information content (AvgIpc) is 2.87. The second-order valence-corrected chi connectivity index (χ2v) is 5.20. The first-order valence-electron chi connectivity index (χ1n) is 5.81. The fourth-order valence-electron chi connectivity index (χ4n) is 2.11. The van der Waals surface area contributed by atoms with Crippen LogP contribution in [-0.2, 0) is 0 Å². The zero-order chi connectivity index (χ0) is 13.1. The minimum absolute atomic E-state index is 0.0144. The van der Waals surface area contributed by atoms with Gasteiger partial charge in [-0.1, -0.05) is 11.3 Å². The Labute approximate surface area is 109 Å². The van der Waals surface area contributed by atoms with Crippen LogP contribution in [0.15, 0.2) is 11.4 Å². The number of hydrogen-bond donors (Lipinski definition) is 1. The summed E-state index contributed by atoms with van der Waals surface area (Å²) in [6, 6.07) is 1.67. The van der Waals surface area contributed by atoms with Crippen LogP contribution in [0.3, 0.4) is 0 Å². The molecule has 0 radical (unpaired) electrons. The fraction of sp³-hybridized carbons (Fsp3) is 0.545. The number of nitro groups is 1. The van der Waals surface area contributed by atoms with Crippen molar-refractivity contribution in [3.8, 4) is 0 Å². The lowest BCUT2D eigenvalue weighted by Crippen LogP contribution is -2.46. The Hall–Kier alpha value is -1.47. The highest BCUT2D eigenvalue weighted by Crippen LogP contribution is 2.24. The highest BCUT2D eigenvalue weighted by molar-refractivity contribution is 7.13. The molecular weight excluding hydrogens is 254 g/mol. The van der Waals surface area contributed by atoms with Crippen LogP contribution in [0.1, 0.15) is 23.2 Å². The fourth-order valence-corrected chi connectivity index (χ4v) is 2.81. The van der Waals surface area contributed by atoms with E-state index in [1.807, 2.05) is 7.05 Å². The number of carbonyl (C=O) groups excluding carboxylic acids is 1. The summed E-state index contributed by atoms with van der Waals surface area (Å²) in [7, 11) is 1.88. The van der Waals surface area contributed by atoms with Gasteiger partial charge in [-0.2, -0.15) is 0 Å². The summed E-state index contributed by atoms with van der Waals surface area (Å²) < 4.78 is 0. The number of likely N-dealkylation sites (tertiary alicyclic amines) is 1. The second-order valence-electron chi connectivity index (χ2n) is 4.31. The maximum atomic E-state index is 12.2. The van der Waals surface area contributed by atoms with Gasteiger partial charge >= 0.3 is 5.00 Å². The van der Waals surface area contributed by atoms with E-state index in [9.17, 15) is 14.9 Å². The molecule has 1 atom stereocenters. The highest BCUT2D eigenvalue weighted by Gasteiger charge is 2.25. The van der Waals surface area contributed by atoms with Crippen LogP contribution in [0.25, 0.3) is 0 Å².